The maximum absolute atomic E-state index is 4.21. The average Bonchev–Trinajstić information content (AvgIpc) is 2.16. The van der Waals surface area contributed by atoms with Gasteiger partial charge in [-0.1, -0.05) is 29.3 Å². The lowest BCUT2D eigenvalue weighted by molar-refractivity contribution is 0.909. The van der Waals surface area contributed by atoms with Gasteiger partial charge in [-0.2, -0.15) is 24.4 Å². The molecule has 1 rings (SSSR count). The highest BCUT2D eigenvalue weighted by molar-refractivity contribution is 7.98. The Labute approximate surface area is 103 Å². The number of rotatable bonds is 6. The molecule has 0 N–H and O–H groups in total. The molecule has 0 radical (unpaired) electrons. The molecule has 0 saturated carbocycles. The minimum atomic E-state index is 1.02. The van der Waals surface area contributed by atoms with Crippen molar-refractivity contribution >= 4 is 24.4 Å². The fourth-order valence-electron chi connectivity index (χ4n) is 1.66. The molecule has 0 aliphatic heterocycles. The Morgan fingerprint density at radius 1 is 1.07 bits per heavy atom. The summed E-state index contributed by atoms with van der Waals surface area (Å²) in [7, 11) is 0. The van der Waals surface area contributed by atoms with Crippen LogP contribution in [0.15, 0.2) is 18.2 Å². The van der Waals surface area contributed by atoms with Gasteiger partial charge in [-0.25, -0.2) is 0 Å². The molecule has 1 aromatic rings. The third-order valence-electron chi connectivity index (χ3n) is 2.25. The minimum absolute atomic E-state index is 1.02. The lowest BCUT2D eigenvalue weighted by atomic mass is 10.1. The second-order valence-electron chi connectivity index (χ2n) is 3.98. The summed E-state index contributed by atoms with van der Waals surface area (Å²) in [5.41, 5.74) is 4.21. The molecule has 0 amide bonds. The van der Waals surface area contributed by atoms with Gasteiger partial charge in [0.1, 0.15) is 0 Å². The quantitative estimate of drug-likeness (QED) is 0.573. The summed E-state index contributed by atoms with van der Waals surface area (Å²) in [5, 5.41) is 0. The van der Waals surface area contributed by atoms with Crippen LogP contribution >= 0.6 is 24.4 Å². The SMILES string of the molecule is Cc1cc(C)cc(CSCCCCS)c1. The van der Waals surface area contributed by atoms with Crippen molar-refractivity contribution < 1.29 is 0 Å². The fraction of sp³-hybridized carbons (Fsp3) is 0.538. The second kappa shape index (κ2) is 7.24. The third kappa shape index (κ3) is 5.53. The molecule has 2 heteroatoms. The van der Waals surface area contributed by atoms with Crippen LogP contribution in [-0.2, 0) is 5.75 Å². The van der Waals surface area contributed by atoms with Crippen molar-refractivity contribution in [2.24, 2.45) is 0 Å². The summed E-state index contributed by atoms with van der Waals surface area (Å²) in [5.74, 6) is 3.42. The molecule has 0 unspecified atom stereocenters. The summed E-state index contributed by atoms with van der Waals surface area (Å²) in [6, 6.07) is 6.81. The van der Waals surface area contributed by atoms with Gasteiger partial charge in [0.05, 0.1) is 0 Å². The Balaban J connectivity index is 2.31. The van der Waals surface area contributed by atoms with E-state index in [9.17, 15) is 0 Å². The van der Waals surface area contributed by atoms with E-state index < -0.39 is 0 Å². The van der Waals surface area contributed by atoms with Gasteiger partial charge >= 0.3 is 0 Å². The zero-order valence-corrected chi connectivity index (χ0v) is 11.3. The molecule has 15 heavy (non-hydrogen) atoms. The number of thiol groups is 1. The maximum Gasteiger partial charge on any atom is 0.0184 e. The van der Waals surface area contributed by atoms with Crippen LogP contribution in [0.2, 0.25) is 0 Å². The van der Waals surface area contributed by atoms with Crippen LogP contribution in [0.1, 0.15) is 29.5 Å². The molecule has 0 bridgehead atoms. The Hall–Kier alpha value is -0.0800. The number of unbranched alkanes of at least 4 members (excludes halogenated alkanes) is 1. The highest BCUT2D eigenvalue weighted by Gasteiger charge is 1.96. The van der Waals surface area contributed by atoms with Crippen LogP contribution in [0.5, 0.6) is 0 Å². The highest BCUT2D eigenvalue weighted by Crippen LogP contribution is 2.16. The summed E-state index contributed by atoms with van der Waals surface area (Å²) < 4.78 is 0. The number of aryl methyl sites for hydroxylation is 2. The molecule has 0 fully saturated rings. The van der Waals surface area contributed by atoms with Gasteiger partial charge in [0.25, 0.3) is 0 Å². The molecule has 0 spiro atoms. The molecular formula is C13H20S2. The maximum atomic E-state index is 4.21. The number of benzene rings is 1. The van der Waals surface area contributed by atoms with Gasteiger partial charge < -0.3 is 0 Å². The second-order valence-corrected chi connectivity index (χ2v) is 5.53. The molecule has 0 aromatic heterocycles. The van der Waals surface area contributed by atoms with Crippen LogP contribution in [0.4, 0.5) is 0 Å². The fourth-order valence-corrected chi connectivity index (χ4v) is 2.84. The molecule has 0 saturated heterocycles. The molecular weight excluding hydrogens is 220 g/mol. The molecule has 1 aromatic carbocycles. The summed E-state index contributed by atoms with van der Waals surface area (Å²) >= 11 is 6.24. The van der Waals surface area contributed by atoms with E-state index in [0.717, 1.165) is 11.5 Å². The Morgan fingerprint density at radius 3 is 2.33 bits per heavy atom. The van der Waals surface area contributed by atoms with E-state index in [-0.39, 0.29) is 0 Å². The van der Waals surface area contributed by atoms with E-state index >= 15 is 0 Å². The van der Waals surface area contributed by atoms with Crippen molar-refractivity contribution in [3.63, 3.8) is 0 Å². The summed E-state index contributed by atoms with van der Waals surface area (Å²) in [4.78, 5) is 0. The number of thioether (sulfide) groups is 1. The first-order chi connectivity index (χ1) is 7.22. The Morgan fingerprint density at radius 2 is 1.73 bits per heavy atom. The van der Waals surface area contributed by atoms with Crippen molar-refractivity contribution in [1.29, 1.82) is 0 Å². The molecule has 0 atom stereocenters. The van der Waals surface area contributed by atoms with Crippen LogP contribution < -0.4 is 0 Å². The zero-order chi connectivity index (χ0) is 11.1. The first kappa shape index (κ1) is 13.0. The lowest BCUT2D eigenvalue weighted by Gasteiger charge is -2.04. The minimum Gasteiger partial charge on any atom is -0.179 e. The largest absolute Gasteiger partial charge is 0.179 e. The number of hydrogen-bond donors (Lipinski definition) is 1. The predicted octanol–water partition coefficient (Wildman–Crippen LogP) is 4.25. The first-order valence-corrected chi connectivity index (χ1v) is 7.27. The van der Waals surface area contributed by atoms with Crippen molar-refractivity contribution in [2.45, 2.75) is 32.4 Å². The van der Waals surface area contributed by atoms with Crippen LogP contribution in [0.3, 0.4) is 0 Å². The van der Waals surface area contributed by atoms with E-state index in [2.05, 4.69) is 44.7 Å². The van der Waals surface area contributed by atoms with Crippen molar-refractivity contribution in [3.8, 4) is 0 Å². The predicted molar refractivity (Wildman–Crippen MR) is 75.2 cm³/mol. The molecule has 0 heterocycles. The van der Waals surface area contributed by atoms with Crippen LogP contribution in [0.25, 0.3) is 0 Å². The van der Waals surface area contributed by atoms with Crippen molar-refractivity contribution in [2.75, 3.05) is 11.5 Å². The van der Waals surface area contributed by atoms with E-state index in [1.807, 2.05) is 11.8 Å². The van der Waals surface area contributed by atoms with Gasteiger partial charge in [-0.05, 0) is 43.8 Å². The van der Waals surface area contributed by atoms with Crippen LogP contribution in [0, 0.1) is 13.8 Å². The zero-order valence-electron chi connectivity index (χ0n) is 9.62. The highest BCUT2D eigenvalue weighted by atomic mass is 32.2. The van der Waals surface area contributed by atoms with E-state index in [4.69, 9.17) is 0 Å². The van der Waals surface area contributed by atoms with E-state index in [1.165, 1.54) is 35.3 Å². The average molecular weight is 240 g/mol. The normalized spacial score (nSPS) is 10.6. The topological polar surface area (TPSA) is 0 Å². The third-order valence-corrected chi connectivity index (χ3v) is 3.68. The Bertz CT molecular complexity index is 274. The Kier molecular flexibility index (Phi) is 6.26. The first-order valence-electron chi connectivity index (χ1n) is 5.48. The summed E-state index contributed by atoms with van der Waals surface area (Å²) in [6.07, 6.45) is 2.53. The van der Waals surface area contributed by atoms with Gasteiger partial charge in [0.15, 0.2) is 0 Å². The number of hydrogen-bond acceptors (Lipinski definition) is 2. The molecule has 84 valence electrons. The standard InChI is InChI=1S/C13H20S2/c1-11-7-12(2)9-13(8-11)10-15-6-4-3-5-14/h7-9,14H,3-6,10H2,1-2H3. The van der Waals surface area contributed by atoms with Gasteiger partial charge in [-0.3, -0.25) is 0 Å². The van der Waals surface area contributed by atoms with Crippen molar-refractivity contribution in [3.05, 3.63) is 34.9 Å². The van der Waals surface area contributed by atoms with Gasteiger partial charge in [-0.15, -0.1) is 0 Å². The van der Waals surface area contributed by atoms with E-state index in [1.54, 1.807) is 0 Å². The van der Waals surface area contributed by atoms with Crippen LogP contribution in [-0.4, -0.2) is 11.5 Å². The van der Waals surface area contributed by atoms with E-state index in [0.29, 0.717) is 0 Å². The lowest BCUT2D eigenvalue weighted by Crippen LogP contribution is -1.87. The summed E-state index contributed by atoms with van der Waals surface area (Å²) in [6.45, 7) is 4.34. The molecule has 0 nitrogen and oxygen atoms in total. The monoisotopic (exact) mass is 240 g/mol. The smallest absolute Gasteiger partial charge is 0.0184 e. The van der Waals surface area contributed by atoms with Gasteiger partial charge in [0.2, 0.25) is 0 Å². The van der Waals surface area contributed by atoms with Crippen molar-refractivity contribution in [1.82, 2.24) is 0 Å². The molecule has 0 aliphatic carbocycles. The molecule has 0 aliphatic rings. The van der Waals surface area contributed by atoms with Gasteiger partial charge in [0, 0.05) is 5.75 Å².